The quantitative estimate of drug-likeness (QED) is 0.639. The van der Waals surface area contributed by atoms with Crippen LogP contribution < -0.4 is 10.6 Å². The fourth-order valence-electron chi connectivity index (χ4n) is 2.50. The Morgan fingerprint density at radius 3 is 2.08 bits per heavy atom. The van der Waals surface area contributed by atoms with Crippen LogP contribution in [0.25, 0.3) is 0 Å². The van der Waals surface area contributed by atoms with Crippen LogP contribution in [-0.4, -0.2) is 11.8 Å². The molecule has 5 heteroatoms. The van der Waals surface area contributed by atoms with Crippen LogP contribution >= 0.6 is 11.3 Å². The fourth-order valence-corrected chi connectivity index (χ4v) is 3.12. The van der Waals surface area contributed by atoms with E-state index in [2.05, 4.69) is 24.5 Å². The lowest BCUT2D eigenvalue weighted by Gasteiger charge is -2.10. The van der Waals surface area contributed by atoms with E-state index in [9.17, 15) is 9.59 Å². The molecule has 0 aliphatic carbocycles. The molecule has 26 heavy (non-hydrogen) atoms. The molecule has 0 saturated heterocycles. The molecule has 0 fully saturated rings. The highest BCUT2D eigenvalue weighted by atomic mass is 32.1. The topological polar surface area (TPSA) is 58.2 Å². The van der Waals surface area contributed by atoms with Crippen LogP contribution in [0.3, 0.4) is 0 Å². The lowest BCUT2D eigenvalue weighted by atomic mass is 10.0. The molecule has 132 valence electrons. The van der Waals surface area contributed by atoms with Crippen molar-refractivity contribution in [3.05, 3.63) is 82.0 Å². The molecule has 0 radical (unpaired) electrons. The van der Waals surface area contributed by atoms with Gasteiger partial charge in [-0.05, 0) is 53.3 Å². The molecule has 0 spiro atoms. The molecule has 0 aliphatic heterocycles. The van der Waals surface area contributed by atoms with Crippen molar-refractivity contribution in [3.63, 3.8) is 0 Å². The Balaban J connectivity index is 1.68. The SMILES string of the molecule is CC(C)c1ccc(C(=O)Nc2cccc(NC(=O)c3cccs3)c2)cc1. The summed E-state index contributed by atoms with van der Waals surface area (Å²) >= 11 is 1.38. The summed E-state index contributed by atoms with van der Waals surface area (Å²) in [5.74, 6) is 0.0885. The summed E-state index contributed by atoms with van der Waals surface area (Å²) < 4.78 is 0. The van der Waals surface area contributed by atoms with Crippen molar-refractivity contribution in [1.29, 1.82) is 0 Å². The second-order valence-corrected chi connectivity index (χ2v) is 7.19. The molecule has 0 unspecified atom stereocenters. The number of benzene rings is 2. The molecule has 3 aromatic rings. The van der Waals surface area contributed by atoms with Crippen LogP contribution in [-0.2, 0) is 0 Å². The zero-order valence-corrected chi connectivity index (χ0v) is 15.5. The molecule has 0 bridgehead atoms. The number of nitrogens with one attached hydrogen (secondary N) is 2. The molecule has 2 N–H and O–H groups in total. The van der Waals surface area contributed by atoms with E-state index in [1.54, 1.807) is 30.3 Å². The van der Waals surface area contributed by atoms with Gasteiger partial charge in [0.2, 0.25) is 0 Å². The van der Waals surface area contributed by atoms with Crippen LogP contribution in [0.2, 0.25) is 0 Å². The third-order valence-corrected chi connectivity index (χ3v) is 4.83. The minimum atomic E-state index is -0.179. The molecule has 0 saturated carbocycles. The molecule has 3 rings (SSSR count). The minimum Gasteiger partial charge on any atom is -0.322 e. The van der Waals surface area contributed by atoms with Gasteiger partial charge >= 0.3 is 0 Å². The first-order chi connectivity index (χ1) is 12.5. The van der Waals surface area contributed by atoms with Crippen LogP contribution in [0.5, 0.6) is 0 Å². The van der Waals surface area contributed by atoms with Crippen molar-refractivity contribution in [2.24, 2.45) is 0 Å². The first-order valence-electron chi connectivity index (χ1n) is 8.39. The van der Waals surface area contributed by atoms with Crippen molar-refractivity contribution in [2.45, 2.75) is 19.8 Å². The molecule has 0 aliphatic rings. The number of carbonyl (C=O) groups is 2. The van der Waals surface area contributed by atoms with Gasteiger partial charge in [-0.25, -0.2) is 0 Å². The van der Waals surface area contributed by atoms with Gasteiger partial charge in [0.1, 0.15) is 0 Å². The van der Waals surface area contributed by atoms with Crippen molar-refractivity contribution >= 4 is 34.5 Å². The van der Waals surface area contributed by atoms with Gasteiger partial charge < -0.3 is 10.6 Å². The van der Waals surface area contributed by atoms with Crippen molar-refractivity contribution in [1.82, 2.24) is 0 Å². The van der Waals surface area contributed by atoms with E-state index in [4.69, 9.17) is 0 Å². The Bertz CT molecular complexity index is 900. The zero-order chi connectivity index (χ0) is 18.5. The van der Waals surface area contributed by atoms with E-state index in [0.29, 0.717) is 27.7 Å². The van der Waals surface area contributed by atoms with Crippen LogP contribution in [0.1, 0.15) is 45.4 Å². The number of carbonyl (C=O) groups excluding carboxylic acids is 2. The molecular formula is C21H20N2O2S. The second kappa shape index (κ2) is 7.97. The van der Waals surface area contributed by atoms with Gasteiger partial charge in [-0.2, -0.15) is 0 Å². The van der Waals surface area contributed by atoms with Gasteiger partial charge in [-0.15, -0.1) is 11.3 Å². The monoisotopic (exact) mass is 364 g/mol. The molecule has 2 amide bonds. The average Bonchev–Trinajstić information content (AvgIpc) is 3.17. The maximum Gasteiger partial charge on any atom is 0.265 e. The van der Waals surface area contributed by atoms with E-state index >= 15 is 0 Å². The summed E-state index contributed by atoms with van der Waals surface area (Å²) in [6, 6.07) is 18.3. The van der Waals surface area contributed by atoms with Crippen LogP contribution in [0.15, 0.2) is 66.0 Å². The highest BCUT2D eigenvalue weighted by Gasteiger charge is 2.09. The largest absolute Gasteiger partial charge is 0.322 e. The standard InChI is InChI=1S/C21H20N2O2S/c1-14(2)15-8-10-16(11-9-15)20(24)22-17-5-3-6-18(13-17)23-21(25)19-7-4-12-26-19/h3-14H,1-2H3,(H,22,24)(H,23,25). The van der Waals surface area contributed by atoms with E-state index < -0.39 is 0 Å². The number of hydrogen-bond donors (Lipinski definition) is 2. The summed E-state index contributed by atoms with van der Waals surface area (Å²) in [6.07, 6.45) is 0. The first kappa shape index (κ1) is 17.9. The minimum absolute atomic E-state index is 0.159. The number of amides is 2. The zero-order valence-electron chi connectivity index (χ0n) is 14.7. The van der Waals surface area contributed by atoms with Gasteiger partial charge in [0, 0.05) is 16.9 Å². The molecular weight excluding hydrogens is 344 g/mol. The summed E-state index contributed by atoms with van der Waals surface area (Å²) in [5.41, 5.74) is 3.06. The maximum absolute atomic E-state index is 12.4. The Morgan fingerprint density at radius 2 is 1.50 bits per heavy atom. The van der Waals surface area contributed by atoms with Crippen molar-refractivity contribution in [2.75, 3.05) is 10.6 Å². The van der Waals surface area contributed by atoms with E-state index in [0.717, 1.165) is 0 Å². The third-order valence-electron chi connectivity index (χ3n) is 3.96. The van der Waals surface area contributed by atoms with Gasteiger partial charge in [-0.1, -0.05) is 38.1 Å². The molecule has 1 aromatic heterocycles. The van der Waals surface area contributed by atoms with E-state index in [-0.39, 0.29) is 11.8 Å². The van der Waals surface area contributed by atoms with Crippen LogP contribution in [0.4, 0.5) is 11.4 Å². The van der Waals surface area contributed by atoms with Gasteiger partial charge in [-0.3, -0.25) is 9.59 Å². The number of anilines is 2. The second-order valence-electron chi connectivity index (χ2n) is 6.24. The van der Waals surface area contributed by atoms with E-state index in [1.807, 2.05) is 35.7 Å². The highest BCUT2D eigenvalue weighted by molar-refractivity contribution is 7.12. The summed E-state index contributed by atoms with van der Waals surface area (Å²) in [6.45, 7) is 4.23. The van der Waals surface area contributed by atoms with Crippen LogP contribution in [0, 0.1) is 0 Å². The highest BCUT2D eigenvalue weighted by Crippen LogP contribution is 2.19. The van der Waals surface area contributed by atoms with Gasteiger partial charge in [0.05, 0.1) is 4.88 Å². The fraction of sp³-hybridized carbons (Fsp3) is 0.143. The predicted octanol–water partition coefficient (Wildman–Crippen LogP) is 5.38. The van der Waals surface area contributed by atoms with Gasteiger partial charge in [0.15, 0.2) is 0 Å². The van der Waals surface area contributed by atoms with Gasteiger partial charge in [0.25, 0.3) is 11.8 Å². The first-order valence-corrected chi connectivity index (χ1v) is 9.27. The Kier molecular flexibility index (Phi) is 5.49. The number of thiophene rings is 1. The molecule has 0 atom stereocenters. The molecule has 1 heterocycles. The Morgan fingerprint density at radius 1 is 0.846 bits per heavy atom. The third kappa shape index (κ3) is 4.37. The summed E-state index contributed by atoms with van der Waals surface area (Å²) in [7, 11) is 0. The maximum atomic E-state index is 12.4. The number of hydrogen-bond acceptors (Lipinski definition) is 3. The van der Waals surface area contributed by atoms with Crippen molar-refractivity contribution in [3.8, 4) is 0 Å². The normalized spacial score (nSPS) is 10.6. The Labute approximate surface area is 156 Å². The molecule has 2 aromatic carbocycles. The lowest BCUT2D eigenvalue weighted by Crippen LogP contribution is -2.13. The number of rotatable bonds is 5. The molecule has 4 nitrogen and oxygen atoms in total. The smallest absolute Gasteiger partial charge is 0.265 e. The lowest BCUT2D eigenvalue weighted by molar-refractivity contribution is 0.102. The van der Waals surface area contributed by atoms with E-state index in [1.165, 1.54) is 16.9 Å². The average molecular weight is 364 g/mol. The predicted molar refractivity (Wildman–Crippen MR) is 107 cm³/mol. The Hall–Kier alpha value is -2.92. The summed E-state index contributed by atoms with van der Waals surface area (Å²) in [5, 5.41) is 7.56. The summed E-state index contributed by atoms with van der Waals surface area (Å²) in [4.78, 5) is 25.2. The van der Waals surface area contributed by atoms with Crippen molar-refractivity contribution < 1.29 is 9.59 Å².